The quantitative estimate of drug-likeness (QED) is 0.769. The second-order valence-corrected chi connectivity index (χ2v) is 6.73. The summed E-state index contributed by atoms with van der Waals surface area (Å²) in [5, 5.41) is 0. The van der Waals surface area contributed by atoms with E-state index in [1.807, 2.05) is 4.72 Å². The summed E-state index contributed by atoms with van der Waals surface area (Å²) >= 11 is 0. The van der Waals surface area contributed by atoms with Crippen LogP contribution in [0.2, 0.25) is 0 Å². The Balaban J connectivity index is 2.42. The average Bonchev–Trinajstić information content (AvgIpc) is 2.53. The highest BCUT2D eigenvalue weighted by Crippen LogP contribution is 2.38. The zero-order valence-corrected chi connectivity index (χ0v) is 13.8. The molecule has 0 aliphatic rings. The molecule has 0 unspecified atom stereocenters. The molecule has 142 valence electrons. The highest BCUT2D eigenvalue weighted by Gasteiger charge is 2.35. The molecule has 0 aromatic heterocycles. The number of hydrogen-bond acceptors (Lipinski definition) is 3. The summed E-state index contributed by atoms with van der Waals surface area (Å²) in [5.41, 5.74) is -2.91. The lowest BCUT2D eigenvalue weighted by Crippen LogP contribution is -2.15. The van der Waals surface area contributed by atoms with Crippen molar-refractivity contribution in [2.24, 2.45) is 0 Å². The fraction of sp³-hybridized carbons (Fsp3) is 0.200. The third-order valence-electron chi connectivity index (χ3n) is 3.23. The van der Waals surface area contributed by atoms with Crippen molar-refractivity contribution in [3.8, 4) is 5.75 Å². The van der Waals surface area contributed by atoms with E-state index >= 15 is 0 Å². The summed E-state index contributed by atoms with van der Waals surface area (Å²) in [4.78, 5) is -0.739. The first-order chi connectivity index (χ1) is 11.8. The Morgan fingerprint density at radius 3 is 2.12 bits per heavy atom. The summed E-state index contributed by atoms with van der Waals surface area (Å²) < 4.78 is 108. The van der Waals surface area contributed by atoms with Crippen LogP contribution in [0.5, 0.6) is 5.75 Å². The van der Waals surface area contributed by atoms with Gasteiger partial charge in [-0.3, -0.25) is 4.72 Å². The number of ether oxygens (including phenoxy) is 1. The lowest BCUT2D eigenvalue weighted by atomic mass is 10.1. The Morgan fingerprint density at radius 2 is 1.58 bits per heavy atom. The highest BCUT2D eigenvalue weighted by molar-refractivity contribution is 7.92. The molecule has 0 saturated heterocycles. The maximum atomic E-state index is 13.0. The van der Waals surface area contributed by atoms with Crippen LogP contribution in [0.1, 0.15) is 11.1 Å². The smallest absolute Gasteiger partial charge is 0.420 e. The van der Waals surface area contributed by atoms with Crippen LogP contribution in [0, 0.1) is 0 Å². The van der Waals surface area contributed by atoms with E-state index in [2.05, 4.69) is 4.74 Å². The van der Waals surface area contributed by atoms with Gasteiger partial charge in [0.15, 0.2) is 0 Å². The number of rotatable bonds is 4. The number of anilines is 1. The van der Waals surface area contributed by atoms with Crippen LogP contribution in [-0.2, 0) is 22.4 Å². The molecule has 1 N–H and O–H groups in total. The van der Waals surface area contributed by atoms with E-state index in [0.29, 0.717) is 18.2 Å². The molecule has 0 spiro atoms. The predicted octanol–water partition coefficient (Wildman–Crippen LogP) is 4.53. The molecule has 2 aromatic rings. The van der Waals surface area contributed by atoms with Gasteiger partial charge in [0.25, 0.3) is 10.0 Å². The molecule has 0 radical (unpaired) electrons. The first-order valence-corrected chi connectivity index (χ1v) is 8.28. The minimum absolute atomic E-state index is 0.385. The Hall–Kier alpha value is -2.43. The van der Waals surface area contributed by atoms with Gasteiger partial charge >= 0.3 is 12.4 Å². The molecule has 0 atom stereocenters. The molecule has 0 heterocycles. The number of benzene rings is 2. The standard InChI is InChI=1S/C15H11F6NO3S/c1-25-13-6-5-10(8-12(13)15(19,20)21)22-26(23,24)11-4-2-3-9(7-11)14(16,17)18/h2-8,22H,1H3. The van der Waals surface area contributed by atoms with E-state index < -0.39 is 49.8 Å². The van der Waals surface area contributed by atoms with Crippen molar-refractivity contribution in [3.05, 3.63) is 53.6 Å². The monoisotopic (exact) mass is 399 g/mol. The van der Waals surface area contributed by atoms with Crippen LogP contribution in [0.3, 0.4) is 0 Å². The Bertz CT molecular complexity index is 906. The van der Waals surface area contributed by atoms with Crippen LogP contribution in [0.25, 0.3) is 0 Å². The van der Waals surface area contributed by atoms with Crippen molar-refractivity contribution in [3.63, 3.8) is 0 Å². The largest absolute Gasteiger partial charge is 0.496 e. The molecule has 4 nitrogen and oxygen atoms in total. The highest BCUT2D eigenvalue weighted by atomic mass is 32.2. The van der Waals surface area contributed by atoms with E-state index in [9.17, 15) is 34.8 Å². The Labute approximate surface area is 144 Å². The molecule has 2 rings (SSSR count). The van der Waals surface area contributed by atoms with Crippen LogP contribution in [0.4, 0.5) is 32.0 Å². The normalized spacial score (nSPS) is 12.7. The molecular formula is C15H11F6NO3S. The number of hydrogen-bond donors (Lipinski definition) is 1. The first kappa shape index (κ1) is 19.9. The van der Waals surface area contributed by atoms with E-state index in [-0.39, 0.29) is 0 Å². The Morgan fingerprint density at radius 1 is 0.923 bits per heavy atom. The zero-order valence-electron chi connectivity index (χ0n) is 12.9. The van der Waals surface area contributed by atoms with Gasteiger partial charge < -0.3 is 4.74 Å². The van der Waals surface area contributed by atoms with Crippen LogP contribution in [0.15, 0.2) is 47.4 Å². The third kappa shape index (κ3) is 4.40. The molecule has 2 aromatic carbocycles. The van der Waals surface area contributed by atoms with Gasteiger partial charge in [0, 0.05) is 5.69 Å². The number of halogens is 6. The van der Waals surface area contributed by atoms with Gasteiger partial charge in [-0.15, -0.1) is 0 Å². The maximum absolute atomic E-state index is 13.0. The fourth-order valence-corrected chi connectivity index (χ4v) is 3.14. The lowest BCUT2D eigenvalue weighted by Gasteiger charge is -2.15. The summed E-state index contributed by atoms with van der Waals surface area (Å²) in [5.74, 6) is -0.528. The van der Waals surface area contributed by atoms with Crippen molar-refractivity contribution in [1.82, 2.24) is 0 Å². The summed E-state index contributed by atoms with van der Waals surface area (Å²) in [7, 11) is -3.53. The number of sulfonamides is 1. The molecule has 0 saturated carbocycles. The molecule has 0 aliphatic heterocycles. The van der Waals surface area contributed by atoms with Gasteiger partial charge in [0.05, 0.1) is 23.1 Å². The van der Waals surface area contributed by atoms with Gasteiger partial charge in [0.2, 0.25) is 0 Å². The van der Waals surface area contributed by atoms with Gasteiger partial charge in [-0.1, -0.05) is 6.07 Å². The second kappa shape index (κ2) is 6.71. The van der Waals surface area contributed by atoms with Crippen LogP contribution >= 0.6 is 0 Å². The predicted molar refractivity (Wildman–Crippen MR) is 80.2 cm³/mol. The van der Waals surface area contributed by atoms with Crippen LogP contribution < -0.4 is 9.46 Å². The molecule has 0 aliphatic carbocycles. The lowest BCUT2D eigenvalue weighted by molar-refractivity contribution is -0.139. The van der Waals surface area contributed by atoms with Crippen molar-refractivity contribution < 1.29 is 39.5 Å². The fourth-order valence-electron chi connectivity index (χ4n) is 2.05. The topological polar surface area (TPSA) is 55.4 Å². The second-order valence-electron chi connectivity index (χ2n) is 5.04. The number of nitrogens with one attached hydrogen (secondary N) is 1. The number of methoxy groups -OCH3 is 1. The first-order valence-electron chi connectivity index (χ1n) is 6.80. The maximum Gasteiger partial charge on any atom is 0.420 e. The molecule has 0 fully saturated rings. The molecule has 0 amide bonds. The SMILES string of the molecule is COc1ccc(NS(=O)(=O)c2cccc(C(F)(F)F)c2)cc1C(F)(F)F. The molecule has 11 heteroatoms. The third-order valence-corrected chi connectivity index (χ3v) is 4.61. The van der Waals surface area contributed by atoms with Crippen molar-refractivity contribution in [2.45, 2.75) is 17.2 Å². The zero-order chi connectivity index (χ0) is 19.8. The van der Waals surface area contributed by atoms with E-state index in [4.69, 9.17) is 0 Å². The molecule has 0 bridgehead atoms. The average molecular weight is 399 g/mol. The van der Waals surface area contributed by atoms with Crippen LogP contribution in [-0.4, -0.2) is 15.5 Å². The van der Waals surface area contributed by atoms with Gasteiger partial charge in [0.1, 0.15) is 5.75 Å². The van der Waals surface area contributed by atoms with E-state index in [0.717, 1.165) is 31.4 Å². The minimum Gasteiger partial charge on any atom is -0.496 e. The van der Waals surface area contributed by atoms with Gasteiger partial charge in [-0.2, -0.15) is 26.3 Å². The summed E-state index contributed by atoms with van der Waals surface area (Å²) in [6.07, 6.45) is -9.59. The molecular weight excluding hydrogens is 388 g/mol. The van der Waals surface area contributed by atoms with Gasteiger partial charge in [-0.25, -0.2) is 8.42 Å². The molecule has 26 heavy (non-hydrogen) atoms. The number of alkyl halides is 6. The summed E-state index contributed by atoms with van der Waals surface area (Å²) in [6.45, 7) is 0. The Kier molecular flexibility index (Phi) is 5.13. The van der Waals surface area contributed by atoms with E-state index in [1.165, 1.54) is 0 Å². The van der Waals surface area contributed by atoms with Gasteiger partial charge in [-0.05, 0) is 36.4 Å². The van der Waals surface area contributed by atoms with Crippen molar-refractivity contribution in [2.75, 3.05) is 11.8 Å². The van der Waals surface area contributed by atoms with E-state index in [1.54, 1.807) is 0 Å². The minimum atomic E-state index is -4.82. The van der Waals surface area contributed by atoms with Crippen molar-refractivity contribution in [1.29, 1.82) is 0 Å². The summed E-state index contributed by atoms with van der Waals surface area (Å²) in [6, 6.07) is 5.22. The van der Waals surface area contributed by atoms with Crippen molar-refractivity contribution >= 4 is 15.7 Å².